The van der Waals surface area contributed by atoms with Gasteiger partial charge in [-0.05, 0) is 43.4 Å². The van der Waals surface area contributed by atoms with Crippen molar-refractivity contribution in [3.05, 3.63) is 30.1 Å². The van der Waals surface area contributed by atoms with E-state index in [4.69, 9.17) is 0 Å². The number of hydrogen-bond acceptors (Lipinski definition) is 7. The molecule has 0 bridgehead atoms. The highest BCUT2D eigenvalue weighted by molar-refractivity contribution is 7.22. The van der Waals surface area contributed by atoms with Crippen LogP contribution in [0.25, 0.3) is 21.3 Å². The van der Waals surface area contributed by atoms with Gasteiger partial charge < -0.3 is 10.2 Å². The molecule has 1 aliphatic rings. The second kappa shape index (κ2) is 8.63. The van der Waals surface area contributed by atoms with Crippen LogP contribution >= 0.6 is 11.3 Å². The van der Waals surface area contributed by atoms with Crippen molar-refractivity contribution in [2.45, 2.75) is 26.7 Å². The Hall–Kier alpha value is -3.25. The van der Waals surface area contributed by atoms with E-state index >= 15 is 0 Å². The first-order chi connectivity index (χ1) is 14.6. The highest BCUT2D eigenvalue weighted by Gasteiger charge is 2.18. The van der Waals surface area contributed by atoms with Crippen molar-refractivity contribution < 1.29 is 4.79 Å². The molecule has 0 saturated carbocycles. The maximum absolute atomic E-state index is 11.8. The second-order valence-electron chi connectivity index (χ2n) is 7.43. The first-order valence-corrected chi connectivity index (χ1v) is 10.9. The van der Waals surface area contributed by atoms with Crippen molar-refractivity contribution in [3.8, 4) is 17.2 Å². The van der Waals surface area contributed by atoms with Crippen molar-refractivity contribution in [2.24, 2.45) is 5.92 Å². The standard InChI is InChI=1S/C21H23N7OS/c1-3-23-20(29)27-21-26-17-9-14(8-15(10-22)18(17)30-21)16-11-24-19(25-12-16)28-6-4-13(2)5-7-28/h8-9,11-13H,3-7H2,1-2H3,(H2,23,26,27,29). The lowest BCUT2D eigenvalue weighted by Gasteiger charge is -2.30. The summed E-state index contributed by atoms with van der Waals surface area (Å²) >= 11 is 1.28. The summed E-state index contributed by atoms with van der Waals surface area (Å²) in [7, 11) is 0. The minimum atomic E-state index is -0.314. The fraction of sp³-hybridized carbons (Fsp3) is 0.381. The highest BCUT2D eigenvalue weighted by Crippen LogP contribution is 2.33. The number of nitriles is 1. The molecule has 4 rings (SSSR count). The third kappa shape index (κ3) is 4.19. The number of piperidine rings is 1. The van der Waals surface area contributed by atoms with E-state index in [1.165, 1.54) is 11.3 Å². The van der Waals surface area contributed by atoms with E-state index in [1.807, 2.05) is 19.1 Å². The lowest BCUT2D eigenvalue weighted by molar-refractivity contribution is 0.252. The number of nitrogens with one attached hydrogen (secondary N) is 2. The molecule has 1 aromatic carbocycles. The molecule has 1 saturated heterocycles. The third-order valence-corrected chi connectivity index (χ3v) is 6.23. The Balaban J connectivity index is 1.60. The van der Waals surface area contributed by atoms with E-state index < -0.39 is 0 Å². The predicted molar refractivity (Wildman–Crippen MR) is 119 cm³/mol. The molecule has 154 valence electrons. The number of carbonyl (C=O) groups is 1. The van der Waals surface area contributed by atoms with Crippen LogP contribution in [0.3, 0.4) is 0 Å². The number of aromatic nitrogens is 3. The van der Waals surface area contributed by atoms with Crippen LogP contribution in [0.4, 0.5) is 15.9 Å². The van der Waals surface area contributed by atoms with Crippen molar-refractivity contribution in [1.29, 1.82) is 5.26 Å². The minimum absolute atomic E-state index is 0.314. The average molecular weight is 422 g/mol. The molecule has 2 aromatic heterocycles. The van der Waals surface area contributed by atoms with Gasteiger partial charge in [-0.3, -0.25) is 5.32 Å². The van der Waals surface area contributed by atoms with Gasteiger partial charge in [0.2, 0.25) is 5.95 Å². The van der Waals surface area contributed by atoms with Crippen LogP contribution in [-0.4, -0.2) is 40.6 Å². The number of nitrogens with zero attached hydrogens (tertiary/aromatic N) is 5. The summed E-state index contributed by atoms with van der Waals surface area (Å²) in [4.78, 5) is 27.6. The number of anilines is 2. The Bertz CT molecular complexity index is 1090. The van der Waals surface area contributed by atoms with Crippen LogP contribution in [0, 0.1) is 17.2 Å². The van der Waals surface area contributed by atoms with Crippen LogP contribution in [-0.2, 0) is 0 Å². The van der Waals surface area contributed by atoms with Gasteiger partial charge >= 0.3 is 6.03 Å². The Morgan fingerprint density at radius 3 is 2.67 bits per heavy atom. The minimum Gasteiger partial charge on any atom is -0.341 e. The van der Waals surface area contributed by atoms with Crippen LogP contribution in [0.15, 0.2) is 24.5 Å². The second-order valence-corrected chi connectivity index (χ2v) is 8.43. The molecule has 0 unspecified atom stereocenters. The fourth-order valence-corrected chi connectivity index (χ4v) is 4.38. The fourth-order valence-electron chi connectivity index (χ4n) is 3.48. The van der Waals surface area contributed by atoms with Gasteiger partial charge in [-0.25, -0.2) is 19.7 Å². The summed E-state index contributed by atoms with van der Waals surface area (Å²) in [6.07, 6.45) is 5.90. The summed E-state index contributed by atoms with van der Waals surface area (Å²) in [5, 5.41) is 15.4. The van der Waals surface area contributed by atoms with Crippen LogP contribution in [0.2, 0.25) is 0 Å². The number of urea groups is 1. The van der Waals surface area contributed by atoms with E-state index in [0.29, 0.717) is 22.8 Å². The van der Waals surface area contributed by atoms with Gasteiger partial charge in [0.05, 0.1) is 15.8 Å². The molecule has 1 fully saturated rings. The monoisotopic (exact) mass is 421 g/mol. The number of benzene rings is 1. The van der Waals surface area contributed by atoms with E-state index in [2.05, 4.69) is 43.5 Å². The summed E-state index contributed by atoms with van der Waals surface area (Å²) in [6, 6.07) is 5.63. The molecule has 30 heavy (non-hydrogen) atoms. The van der Waals surface area contributed by atoms with Crippen molar-refractivity contribution in [1.82, 2.24) is 20.3 Å². The van der Waals surface area contributed by atoms with Gasteiger partial charge in [0.15, 0.2) is 5.13 Å². The van der Waals surface area contributed by atoms with Crippen molar-refractivity contribution in [2.75, 3.05) is 29.9 Å². The smallest absolute Gasteiger partial charge is 0.321 e. The highest BCUT2D eigenvalue weighted by atomic mass is 32.1. The Kier molecular flexibility index (Phi) is 5.77. The molecule has 0 aliphatic carbocycles. The summed E-state index contributed by atoms with van der Waals surface area (Å²) in [5.41, 5.74) is 2.83. The lowest BCUT2D eigenvalue weighted by atomic mass is 10.00. The Labute approximate surface area is 179 Å². The maximum atomic E-state index is 11.8. The van der Waals surface area contributed by atoms with Gasteiger partial charge in [0.1, 0.15) is 6.07 Å². The molecule has 1 aliphatic heterocycles. The molecular formula is C21H23N7OS. The zero-order chi connectivity index (χ0) is 21.1. The normalized spacial score (nSPS) is 14.5. The molecule has 3 aromatic rings. The largest absolute Gasteiger partial charge is 0.341 e. The SMILES string of the molecule is CCNC(=O)Nc1nc2cc(-c3cnc(N4CCC(C)CC4)nc3)cc(C#N)c2s1. The summed E-state index contributed by atoms with van der Waals surface area (Å²) < 4.78 is 0.744. The molecule has 3 heterocycles. The van der Waals surface area contributed by atoms with E-state index in [0.717, 1.165) is 53.6 Å². The average Bonchev–Trinajstić information content (AvgIpc) is 3.16. The zero-order valence-electron chi connectivity index (χ0n) is 17.0. The van der Waals surface area contributed by atoms with Gasteiger partial charge in [-0.15, -0.1) is 0 Å². The molecule has 9 heteroatoms. The molecule has 8 nitrogen and oxygen atoms in total. The van der Waals surface area contributed by atoms with E-state index in [-0.39, 0.29) is 6.03 Å². The van der Waals surface area contributed by atoms with Crippen molar-refractivity contribution in [3.63, 3.8) is 0 Å². The molecule has 2 N–H and O–H groups in total. The summed E-state index contributed by atoms with van der Waals surface area (Å²) in [6.45, 7) is 6.60. The number of hydrogen-bond donors (Lipinski definition) is 2. The van der Waals surface area contributed by atoms with Crippen molar-refractivity contribution >= 4 is 38.7 Å². The quantitative estimate of drug-likeness (QED) is 0.659. The van der Waals surface area contributed by atoms with E-state index in [9.17, 15) is 10.1 Å². The molecule has 0 atom stereocenters. The molecular weight excluding hydrogens is 398 g/mol. The van der Waals surface area contributed by atoms with Gasteiger partial charge in [-0.2, -0.15) is 5.26 Å². The predicted octanol–water partition coefficient (Wildman–Crippen LogP) is 4.00. The summed E-state index contributed by atoms with van der Waals surface area (Å²) in [5.74, 6) is 1.50. The van der Waals surface area contributed by atoms with Gasteiger partial charge in [-0.1, -0.05) is 18.3 Å². The number of thiazole rings is 1. The topological polar surface area (TPSA) is 107 Å². The molecule has 0 spiro atoms. The lowest BCUT2D eigenvalue weighted by Crippen LogP contribution is -2.33. The van der Waals surface area contributed by atoms with Crippen LogP contribution in [0.1, 0.15) is 32.3 Å². The molecule has 0 radical (unpaired) electrons. The Morgan fingerprint density at radius 2 is 2.00 bits per heavy atom. The van der Waals surface area contributed by atoms with E-state index in [1.54, 1.807) is 12.4 Å². The number of amides is 2. The van der Waals surface area contributed by atoms with Gasteiger partial charge in [0.25, 0.3) is 0 Å². The Morgan fingerprint density at radius 1 is 1.27 bits per heavy atom. The number of rotatable bonds is 4. The van der Waals surface area contributed by atoms with Crippen LogP contribution in [0.5, 0.6) is 0 Å². The van der Waals surface area contributed by atoms with Crippen LogP contribution < -0.4 is 15.5 Å². The number of carbonyl (C=O) groups excluding carboxylic acids is 1. The number of fused-ring (bicyclic) bond motifs is 1. The first-order valence-electron chi connectivity index (χ1n) is 10.0. The van der Waals surface area contributed by atoms with Gasteiger partial charge in [0, 0.05) is 37.6 Å². The third-order valence-electron chi connectivity index (χ3n) is 5.21. The maximum Gasteiger partial charge on any atom is 0.321 e. The zero-order valence-corrected chi connectivity index (χ0v) is 17.8. The first kappa shape index (κ1) is 20.0. The molecule has 2 amide bonds.